The minimum Gasteiger partial charge on any atom is -0.490 e. The number of nitrogens with one attached hydrogen (secondary N) is 1. The van der Waals surface area contributed by atoms with Gasteiger partial charge in [0, 0.05) is 24.1 Å². The van der Waals surface area contributed by atoms with E-state index in [-0.39, 0.29) is 18.6 Å². The Morgan fingerprint density at radius 1 is 1.00 bits per heavy atom. The number of ether oxygens (including phenoxy) is 3. The highest BCUT2D eigenvalue weighted by molar-refractivity contribution is 5.98. The zero-order valence-corrected chi connectivity index (χ0v) is 16.2. The number of ketones is 1. The quantitative estimate of drug-likeness (QED) is 0.553. The smallest absolute Gasteiger partial charge is 0.306 e. The van der Waals surface area contributed by atoms with Crippen LogP contribution in [0.2, 0.25) is 0 Å². The highest BCUT2D eigenvalue weighted by Gasteiger charge is 2.16. The largest absolute Gasteiger partial charge is 0.490 e. The Kier molecular flexibility index (Phi) is 7.00. The van der Waals surface area contributed by atoms with Gasteiger partial charge in [0.05, 0.1) is 31.3 Å². The third-order valence-electron chi connectivity index (χ3n) is 4.29. The molecule has 0 unspecified atom stereocenters. The van der Waals surface area contributed by atoms with E-state index in [0.717, 1.165) is 6.42 Å². The summed E-state index contributed by atoms with van der Waals surface area (Å²) in [5, 5.41) is 11.3. The van der Waals surface area contributed by atoms with E-state index < -0.39 is 18.5 Å². The summed E-state index contributed by atoms with van der Waals surface area (Å²) >= 11 is 0. The number of esters is 1. The number of amides is 1. The van der Waals surface area contributed by atoms with Crippen molar-refractivity contribution >= 4 is 23.3 Å². The molecule has 0 saturated carbocycles. The van der Waals surface area contributed by atoms with Gasteiger partial charge in [-0.2, -0.15) is 5.26 Å². The van der Waals surface area contributed by atoms with Crippen LogP contribution < -0.4 is 14.8 Å². The highest BCUT2D eigenvalue weighted by atomic mass is 16.5. The predicted molar refractivity (Wildman–Crippen MR) is 106 cm³/mol. The van der Waals surface area contributed by atoms with Crippen LogP contribution in [0.1, 0.15) is 35.2 Å². The molecule has 0 saturated heterocycles. The average Bonchev–Trinajstić information content (AvgIpc) is 3.01. The third kappa shape index (κ3) is 5.82. The molecule has 154 valence electrons. The average molecular weight is 408 g/mol. The maximum absolute atomic E-state index is 12.3. The number of fused-ring (bicyclic) bond motifs is 1. The van der Waals surface area contributed by atoms with E-state index >= 15 is 0 Å². The molecule has 30 heavy (non-hydrogen) atoms. The summed E-state index contributed by atoms with van der Waals surface area (Å²) in [6, 6.07) is 13.2. The fourth-order valence-electron chi connectivity index (χ4n) is 2.74. The molecule has 0 atom stereocenters. The Balaban J connectivity index is 1.42. The van der Waals surface area contributed by atoms with E-state index in [1.807, 2.05) is 6.07 Å². The summed E-state index contributed by atoms with van der Waals surface area (Å²) in [5.74, 6) is -0.281. The Morgan fingerprint density at radius 2 is 1.73 bits per heavy atom. The first-order valence-corrected chi connectivity index (χ1v) is 9.43. The molecule has 0 aromatic heterocycles. The molecule has 8 nitrogen and oxygen atoms in total. The third-order valence-corrected chi connectivity index (χ3v) is 4.29. The lowest BCUT2D eigenvalue weighted by Crippen LogP contribution is -2.21. The first-order chi connectivity index (χ1) is 14.5. The predicted octanol–water partition coefficient (Wildman–Crippen LogP) is 2.86. The zero-order chi connectivity index (χ0) is 21.3. The van der Waals surface area contributed by atoms with Gasteiger partial charge in [-0.1, -0.05) is 0 Å². The van der Waals surface area contributed by atoms with Gasteiger partial charge in [-0.3, -0.25) is 14.4 Å². The van der Waals surface area contributed by atoms with Gasteiger partial charge in [-0.25, -0.2) is 0 Å². The lowest BCUT2D eigenvalue weighted by molar-refractivity contribution is -0.147. The van der Waals surface area contributed by atoms with E-state index in [9.17, 15) is 14.4 Å². The maximum atomic E-state index is 12.3. The van der Waals surface area contributed by atoms with Gasteiger partial charge in [0.15, 0.2) is 23.9 Å². The standard InChI is InChI=1S/C22H20N2O6/c23-13-15-2-5-17(6-3-15)24-21(26)14-30-22(27)9-7-18(25)16-4-8-19-20(12-16)29-11-1-10-28-19/h2-6,8,12H,1,7,9-11,14H2,(H,24,26). The first-order valence-electron chi connectivity index (χ1n) is 9.43. The number of anilines is 1. The maximum Gasteiger partial charge on any atom is 0.306 e. The first kappa shape index (κ1) is 20.9. The summed E-state index contributed by atoms with van der Waals surface area (Å²) in [6.07, 6.45) is 0.579. The topological polar surface area (TPSA) is 115 Å². The van der Waals surface area contributed by atoms with Gasteiger partial charge in [0.1, 0.15) is 0 Å². The van der Waals surface area contributed by atoms with E-state index in [0.29, 0.717) is 41.5 Å². The Morgan fingerprint density at radius 3 is 2.47 bits per heavy atom. The molecule has 0 radical (unpaired) electrons. The molecule has 1 aliphatic heterocycles. The molecule has 1 heterocycles. The number of benzene rings is 2. The fraction of sp³-hybridized carbons (Fsp3) is 0.273. The molecular weight excluding hydrogens is 388 g/mol. The second-order valence-electron chi connectivity index (χ2n) is 6.53. The lowest BCUT2D eigenvalue weighted by Gasteiger charge is -2.09. The minimum atomic E-state index is -0.646. The van der Waals surface area contributed by atoms with Crippen LogP contribution in [0.4, 0.5) is 5.69 Å². The number of carbonyl (C=O) groups is 3. The van der Waals surface area contributed by atoms with Crippen molar-refractivity contribution in [1.82, 2.24) is 0 Å². The number of nitrogens with zero attached hydrogens (tertiary/aromatic N) is 1. The number of carbonyl (C=O) groups excluding carboxylic acids is 3. The molecule has 3 rings (SSSR count). The van der Waals surface area contributed by atoms with E-state index in [4.69, 9.17) is 19.5 Å². The van der Waals surface area contributed by atoms with Crippen molar-refractivity contribution in [2.45, 2.75) is 19.3 Å². The van der Waals surface area contributed by atoms with Crippen molar-refractivity contribution < 1.29 is 28.6 Å². The van der Waals surface area contributed by atoms with E-state index in [1.54, 1.807) is 42.5 Å². The Hall–Kier alpha value is -3.86. The van der Waals surface area contributed by atoms with Crippen molar-refractivity contribution in [2.24, 2.45) is 0 Å². The molecular formula is C22H20N2O6. The normalized spacial score (nSPS) is 12.2. The highest BCUT2D eigenvalue weighted by Crippen LogP contribution is 2.30. The van der Waals surface area contributed by atoms with Crippen LogP contribution in [-0.2, 0) is 14.3 Å². The SMILES string of the molecule is N#Cc1ccc(NC(=O)COC(=O)CCC(=O)c2ccc3c(c2)OCCCO3)cc1. The van der Waals surface area contributed by atoms with Crippen LogP contribution >= 0.6 is 0 Å². The number of hydrogen-bond acceptors (Lipinski definition) is 7. The van der Waals surface area contributed by atoms with Crippen molar-refractivity contribution in [2.75, 3.05) is 25.1 Å². The Labute approximate surface area is 173 Å². The van der Waals surface area contributed by atoms with Gasteiger partial charge in [0.2, 0.25) is 0 Å². The van der Waals surface area contributed by atoms with Gasteiger partial charge >= 0.3 is 5.97 Å². The van der Waals surface area contributed by atoms with Gasteiger partial charge in [-0.05, 0) is 42.5 Å². The van der Waals surface area contributed by atoms with Gasteiger partial charge in [-0.15, -0.1) is 0 Å². The molecule has 2 aromatic carbocycles. The van der Waals surface area contributed by atoms with Crippen LogP contribution in [0.3, 0.4) is 0 Å². The molecule has 0 fully saturated rings. The molecule has 2 aromatic rings. The van der Waals surface area contributed by atoms with E-state index in [2.05, 4.69) is 5.32 Å². The van der Waals surface area contributed by atoms with Crippen LogP contribution in [-0.4, -0.2) is 37.5 Å². The van der Waals surface area contributed by atoms with Crippen LogP contribution in [0, 0.1) is 11.3 Å². The van der Waals surface area contributed by atoms with Crippen molar-refractivity contribution in [3.63, 3.8) is 0 Å². The second kappa shape index (κ2) is 10.1. The number of rotatable bonds is 7. The molecule has 0 bridgehead atoms. The minimum absolute atomic E-state index is 0.0459. The monoisotopic (exact) mass is 408 g/mol. The van der Waals surface area contributed by atoms with E-state index in [1.165, 1.54) is 0 Å². The second-order valence-corrected chi connectivity index (χ2v) is 6.53. The number of hydrogen-bond donors (Lipinski definition) is 1. The van der Waals surface area contributed by atoms with Gasteiger partial charge in [0.25, 0.3) is 5.91 Å². The fourth-order valence-corrected chi connectivity index (χ4v) is 2.74. The molecule has 8 heteroatoms. The molecule has 0 spiro atoms. The van der Waals surface area contributed by atoms with Crippen LogP contribution in [0.25, 0.3) is 0 Å². The van der Waals surface area contributed by atoms with Crippen LogP contribution in [0.5, 0.6) is 11.5 Å². The Bertz CT molecular complexity index is 978. The molecule has 1 amide bonds. The van der Waals surface area contributed by atoms with Crippen molar-refractivity contribution in [3.05, 3.63) is 53.6 Å². The summed E-state index contributed by atoms with van der Waals surface area (Å²) in [6.45, 7) is 0.615. The summed E-state index contributed by atoms with van der Waals surface area (Å²) in [7, 11) is 0. The number of nitriles is 1. The molecule has 1 N–H and O–H groups in total. The summed E-state index contributed by atoms with van der Waals surface area (Å²) in [4.78, 5) is 36.1. The van der Waals surface area contributed by atoms with Gasteiger partial charge < -0.3 is 19.5 Å². The molecule has 1 aliphatic rings. The summed E-state index contributed by atoms with van der Waals surface area (Å²) < 4.78 is 16.0. The number of Topliss-reactive ketones (excluding diaryl/α,β-unsaturated/α-hetero) is 1. The molecule has 0 aliphatic carbocycles. The van der Waals surface area contributed by atoms with Crippen molar-refractivity contribution in [1.29, 1.82) is 5.26 Å². The summed E-state index contributed by atoms with van der Waals surface area (Å²) in [5.41, 5.74) is 1.38. The zero-order valence-electron chi connectivity index (χ0n) is 16.2. The van der Waals surface area contributed by atoms with Crippen LogP contribution in [0.15, 0.2) is 42.5 Å². The van der Waals surface area contributed by atoms with Crippen molar-refractivity contribution in [3.8, 4) is 17.6 Å². The lowest BCUT2D eigenvalue weighted by atomic mass is 10.1.